The molecule has 0 aliphatic heterocycles. The van der Waals surface area contributed by atoms with E-state index in [2.05, 4.69) is 13.5 Å². The molecule has 0 aromatic carbocycles. The second kappa shape index (κ2) is 1.57. The number of allylic oxidation sites excluding steroid dienone is 1. The van der Waals surface area contributed by atoms with Crippen molar-refractivity contribution in [2.75, 3.05) is 0 Å². The maximum Gasteiger partial charge on any atom is -0.00519 e. The summed E-state index contributed by atoms with van der Waals surface area (Å²) in [6, 6.07) is 0. The van der Waals surface area contributed by atoms with Crippen LogP contribution in [0.1, 0.15) is 32.6 Å². The predicted molar refractivity (Wildman–Crippen MR) is 46.2 cm³/mol. The standard InChI is InChI=1S/C11H16/c1-3-7(2)11-5-8-4-9(6-11)10(8)11/h8-10H,2-6H2,1H3. The molecule has 0 bridgehead atoms. The molecule has 3 aliphatic carbocycles. The highest BCUT2D eigenvalue weighted by Crippen LogP contribution is 2.79. The molecule has 2 atom stereocenters. The van der Waals surface area contributed by atoms with E-state index in [1.54, 1.807) is 12.0 Å². The van der Waals surface area contributed by atoms with Gasteiger partial charge in [-0.2, -0.15) is 0 Å². The summed E-state index contributed by atoms with van der Waals surface area (Å²) in [7, 11) is 0. The smallest absolute Gasteiger partial charge is 0.00519 e. The summed E-state index contributed by atoms with van der Waals surface area (Å²) in [6.45, 7) is 6.48. The summed E-state index contributed by atoms with van der Waals surface area (Å²) in [5.74, 6) is 3.39. The molecule has 60 valence electrons. The van der Waals surface area contributed by atoms with E-state index in [4.69, 9.17) is 0 Å². The van der Waals surface area contributed by atoms with Crippen LogP contribution in [0.15, 0.2) is 12.2 Å². The first-order valence-electron chi connectivity index (χ1n) is 4.96. The van der Waals surface area contributed by atoms with Gasteiger partial charge in [0.05, 0.1) is 0 Å². The van der Waals surface area contributed by atoms with Crippen molar-refractivity contribution in [3.8, 4) is 0 Å². The van der Waals surface area contributed by atoms with Gasteiger partial charge >= 0.3 is 0 Å². The molecular weight excluding hydrogens is 132 g/mol. The molecule has 3 fully saturated rings. The molecule has 0 amide bonds. The molecule has 0 nitrogen and oxygen atoms in total. The normalized spacial score (nSPS) is 56.6. The molecule has 3 saturated carbocycles. The van der Waals surface area contributed by atoms with Crippen LogP contribution < -0.4 is 0 Å². The lowest BCUT2D eigenvalue weighted by Crippen LogP contribution is -2.69. The Balaban J connectivity index is 1.84. The third-order valence-corrected chi connectivity index (χ3v) is 4.64. The van der Waals surface area contributed by atoms with E-state index in [0.29, 0.717) is 5.41 Å². The van der Waals surface area contributed by atoms with Gasteiger partial charge in [-0.25, -0.2) is 0 Å². The maximum atomic E-state index is 4.22. The minimum absolute atomic E-state index is 0.697. The van der Waals surface area contributed by atoms with E-state index >= 15 is 0 Å². The van der Waals surface area contributed by atoms with Gasteiger partial charge in [0.1, 0.15) is 0 Å². The molecule has 0 aromatic rings. The van der Waals surface area contributed by atoms with Crippen molar-refractivity contribution < 1.29 is 0 Å². The summed E-state index contributed by atoms with van der Waals surface area (Å²) in [5, 5.41) is 0. The highest BCUT2D eigenvalue weighted by Gasteiger charge is 2.71. The Labute approximate surface area is 68.7 Å². The summed E-state index contributed by atoms with van der Waals surface area (Å²) in [5.41, 5.74) is 2.26. The van der Waals surface area contributed by atoms with E-state index < -0.39 is 0 Å². The van der Waals surface area contributed by atoms with Crippen LogP contribution >= 0.6 is 0 Å². The van der Waals surface area contributed by atoms with E-state index in [-0.39, 0.29) is 0 Å². The topological polar surface area (TPSA) is 0 Å². The second-order valence-electron chi connectivity index (χ2n) is 4.80. The van der Waals surface area contributed by atoms with Gasteiger partial charge in [-0.3, -0.25) is 0 Å². The van der Waals surface area contributed by atoms with Crippen molar-refractivity contribution in [1.82, 2.24) is 0 Å². The van der Waals surface area contributed by atoms with Gasteiger partial charge in [-0.1, -0.05) is 19.1 Å². The van der Waals surface area contributed by atoms with E-state index in [0.717, 1.165) is 17.8 Å². The Morgan fingerprint density at radius 1 is 1.45 bits per heavy atom. The number of hydrogen-bond acceptors (Lipinski definition) is 0. The molecule has 3 rings (SSSR count). The molecule has 0 spiro atoms. The SMILES string of the molecule is C=C(CC)C12CC3CC(C1)C32. The predicted octanol–water partition coefficient (Wildman–Crippen LogP) is 3.00. The Morgan fingerprint density at radius 2 is 2.09 bits per heavy atom. The highest BCUT2D eigenvalue weighted by atomic mass is 14.8. The number of rotatable bonds is 2. The fourth-order valence-electron chi connectivity index (χ4n) is 4.04. The van der Waals surface area contributed by atoms with E-state index in [9.17, 15) is 0 Å². The maximum absolute atomic E-state index is 4.22. The van der Waals surface area contributed by atoms with Crippen LogP contribution in [0.4, 0.5) is 0 Å². The molecule has 11 heavy (non-hydrogen) atoms. The fraction of sp³-hybridized carbons (Fsp3) is 0.818. The van der Waals surface area contributed by atoms with Gasteiger partial charge in [0.25, 0.3) is 0 Å². The van der Waals surface area contributed by atoms with Crippen LogP contribution in [0.3, 0.4) is 0 Å². The van der Waals surface area contributed by atoms with Crippen LogP contribution in [0.2, 0.25) is 0 Å². The van der Waals surface area contributed by atoms with Crippen LogP contribution in [0, 0.1) is 23.2 Å². The summed E-state index contributed by atoms with van der Waals surface area (Å²) >= 11 is 0. The Morgan fingerprint density at radius 3 is 2.45 bits per heavy atom. The van der Waals surface area contributed by atoms with Crippen molar-refractivity contribution in [2.45, 2.75) is 32.6 Å². The van der Waals surface area contributed by atoms with Crippen molar-refractivity contribution in [2.24, 2.45) is 23.2 Å². The highest BCUT2D eigenvalue weighted by molar-refractivity contribution is 5.31. The quantitative estimate of drug-likeness (QED) is 0.528. The number of hydrogen-bond donors (Lipinski definition) is 0. The van der Waals surface area contributed by atoms with Crippen LogP contribution in [-0.4, -0.2) is 0 Å². The molecule has 2 unspecified atom stereocenters. The molecule has 0 radical (unpaired) electrons. The van der Waals surface area contributed by atoms with Gasteiger partial charge in [-0.05, 0) is 48.9 Å². The molecule has 0 aromatic heterocycles. The lowest BCUT2D eigenvalue weighted by atomic mass is 9.28. The average molecular weight is 148 g/mol. The van der Waals surface area contributed by atoms with Crippen molar-refractivity contribution >= 4 is 0 Å². The van der Waals surface area contributed by atoms with Crippen LogP contribution in [0.5, 0.6) is 0 Å². The summed E-state index contributed by atoms with van der Waals surface area (Å²) < 4.78 is 0. The summed E-state index contributed by atoms with van der Waals surface area (Å²) in [6.07, 6.45) is 5.78. The summed E-state index contributed by atoms with van der Waals surface area (Å²) in [4.78, 5) is 0. The van der Waals surface area contributed by atoms with Crippen LogP contribution in [-0.2, 0) is 0 Å². The van der Waals surface area contributed by atoms with E-state index in [1.165, 1.54) is 19.3 Å². The Kier molecular flexibility index (Phi) is 0.898. The minimum atomic E-state index is 0.697. The molecule has 0 saturated heterocycles. The lowest BCUT2D eigenvalue weighted by Gasteiger charge is -2.77. The van der Waals surface area contributed by atoms with Gasteiger partial charge in [0.15, 0.2) is 0 Å². The van der Waals surface area contributed by atoms with Gasteiger partial charge in [0, 0.05) is 0 Å². The fourth-order valence-corrected chi connectivity index (χ4v) is 4.04. The molecule has 0 N–H and O–H groups in total. The largest absolute Gasteiger partial charge is 0.0993 e. The van der Waals surface area contributed by atoms with Gasteiger partial charge < -0.3 is 0 Å². The van der Waals surface area contributed by atoms with Gasteiger partial charge in [-0.15, -0.1) is 0 Å². The second-order valence-corrected chi connectivity index (χ2v) is 4.80. The molecule has 3 aliphatic rings. The lowest BCUT2D eigenvalue weighted by molar-refractivity contribution is -0.249. The van der Waals surface area contributed by atoms with Crippen molar-refractivity contribution in [3.05, 3.63) is 12.2 Å². The van der Waals surface area contributed by atoms with Crippen molar-refractivity contribution in [1.29, 1.82) is 0 Å². The zero-order chi connectivity index (χ0) is 7.64. The first-order chi connectivity index (χ1) is 5.28. The van der Waals surface area contributed by atoms with Gasteiger partial charge in [0.2, 0.25) is 0 Å². The van der Waals surface area contributed by atoms with Crippen LogP contribution in [0.25, 0.3) is 0 Å². The zero-order valence-corrected chi connectivity index (χ0v) is 7.27. The molecule has 0 heterocycles. The average Bonchev–Trinajstić information content (AvgIpc) is 2.01. The zero-order valence-electron chi connectivity index (χ0n) is 7.27. The minimum Gasteiger partial charge on any atom is -0.0993 e. The first kappa shape index (κ1) is 6.28. The van der Waals surface area contributed by atoms with Crippen molar-refractivity contribution in [3.63, 3.8) is 0 Å². The first-order valence-corrected chi connectivity index (χ1v) is 4.96. The molecular formula is C11H16. The Bertz CT molecular complexity index is 214. The van der Waals surface area contributed by atoms with E-state index in [1.807, 2.05) is 0 Å². The third-order valence-electron chi connectivity index (χ3n) is 4.64. The molecule has 0 heteroatoms. The third kappa shape index (κ3) is 0.457. The monoisotopic (exact) mass is 148 g/mol. The Hall–Kier alpha value is -0.260.